The average Bonchev–Trinajstić information content (AvgIpc) is 2.87. The van der Waals surface area contributed by atoms with E-state index in [4.69, 9.17) is 5.11 Å². The largest absolute Gasteiger partial charge is 0.480 e. The second kappa shape index (κ2) is 4.18. The Morgan fingerprint density at radius 2 is 2.07 bits per heavy atom. The van der Waals surface area contributed by atoms with Gasteiger partial charge < -0.3 is 15.7 Å². The number of carboxylic acids is 1. The van der Waals surface area contributed by atoms with Gasteiger partial charge in [0.05, 0.1) is 6.04 Å². The Labute approximate surface area is 88.2 Å². The maximum atomic E-state index is 11.7. The van der Waals surface area contributed by atoms with E-state index >= 15 is 0 Å². The highest BCUT2D eigenvalue weighted by molar-refractivity contribution is 5.87. The summed E-state index contributed by atoms with van der Waals surface area (Å²) in [5.74, 6) is -0.927. The van der Waals surface area contributed by atoms with Crippen molar-refractivity contribution in [3.05, 3.63) is 0 Å². The number of nitrogens with one attached hydrogen (secondary N) is 2. The molecule has 0 aromatic rings. The van der Waals surface area contributed by atoms with Crippen LogP contribution in [0.4, 0.5) is 0 Å². The Bertz CT molecular complexity index is 270. The van der Waals surface area contributed by atoms with Gasteiger partial charge in [-0.2, -0.15) is 0 Å². The monoisotopic (exact) mass is 212 g/mol. The summed E-state index contributed by atoms with van der Waals surface area (Å²) >= 11 is 0. The summed E-state index contributed by atoms with van der Waals surface area (Å²) in [6.07, 6.45) is 3.62. The minimum atomic E-state index is -0.913. The van der Waals surface area contributed by atoms with Crippen molar-refractivity contribution in [3.8, 4) is 0 Å². The van der Waals surface area contributed by atoms with Crippen molar-refractivity contribution >= 4 is 11.9 Å². The molecule has 15 heavy (non-hydrogen) atoms. The molecule has 2 atom stereocenters. The fourth-order valence-electron chi connectivity index (χ4n) is 1.97. The Balaban J connectivity index is 1.87. The van der Waals surface area contributed by atoms with Gasteiger partial charge in [0.1, 0.15) is 6.04 Å². The van der Waals surface area contributed by atoms with Crippen molar-refractivity contribution in [2.24, 2.45) is 5.92 Å². The SMILES string of the molecule is O=C(NC(C(=O)O)C1CC1)C1CCCN1. The van der Waals surface area contributed by atoms with Crippen LogP contribution in [0, 0.1) is 5.92 Å². The van der Waals surface area contributed by atoms with Gasteiger partial charge >= 0.3 is 5.97 Å². The zero-order chi connectivity index (χ0) is 10.8. The Hall–Kier alpha value is -1.10. The van der Waals surface area contributed by atoms with Crippen LogP contribution in [0.2, 0.25) is 0 Å². The van der Waals surface area contributed by atoms with Gasteiger partial charge in [-0.1, -0.05) is 0 Å². The second-order valence-electron chi connectivity index (χ2n) is 4.31. The van der Waals surface area contributed by atoms with Gasteiger partial charge in [-0.3, -0.25) is 4.79 Å². The number of rotatable bonds is 4. The summed E-state index contributed by atoms with van der Waals surface area (Å²) in [6, 6.07) is -0.870. The molecule has 0 spiro atoms. The van der Waals surface area contributed by atoms with Crippen molar-refractivity contribution in [2.75, 3.05) is 6.54 Å². The number of aliphatic carboxylic acids is 1. The molecule has 0 aromatic carbocycles. The van der Waals surface area contributed by atoms with Gasteiger partial charge in [0, 0.05) is 0 Å². The molecule has 0 aromatic heterocycles. The summed E-state index contributed by atoms with van der Waals surface area (Å²) in [5, 5.41) is 14.6. The predicted molar refractivity (Wildman–Crippen MR) is 53.3 cm³/mol. The Morgan fingerprint density at radius 3 is 2.53 bits per heavy atom. The van der Waals surface area contributed by atoms with Gasteiger partial charge in [-0.15, -0.1) is 0 Å². The first kappa shape index (κ1) is 10.4. The van der Waals surface area contributed by atoms with Crippen LogP contribution in [0.25, 0.3) is 0 Å². The molecule has 2 aliphatic rings. The van der Waals surface area contributed by atoms with Crippen LogP contribution in [-0.4, -0.2) is 35.6 Å². The fourth-order valence-corrected chi connectivity index (χ4v) is 1.97. The van der Waals surface area contributed by atoms with Crippen LogP contribution in [0.5, 0.6) is 0 Å². The molecule has 0 bridgehead atoms. The number of amides is 1. The van der Waals surface area contributed by atoms with E-state index in [0.29, 0.717) is 0 Å². The smallest absolute Gasteiger partial charge is 0.326 e. The average molecular weight is 212 g/mol. The van der Waals surface area contributed by atoms with Crippen LogP contribution in [0.3, 0.4) is 0 Å². The van der Waals surface area contributed by atoms with E-state index in [0.717, 1.165) is 32.2 Å². The van der Waals surface area contributed by atoms with Crippen LogP contribution >= 0.6 is 0 Å². The normalized spacial score (nSPS) is 27.3. The number of hydrogen-bond donors (Lipinski definition) is 3. The molecule has 1 saturated heterocycles. The Kier molecular flexibility index (Phi) is 2.90. The van der Waals surface area contributed by atoms with Crippen LogP contribution in [0.15, 0.2) is 0 Å². The standard InChI is InChI=1S/C10H16N2O3/c13-9(7-2-1-5-11-7)12-8(10(14)15)6-3-4-6/h6-8,11H,1-5H2,(H,12,13)(H,14,15). The first-order valence-electron chi connectivity index (χ1n) is 5.45. The van der Waals surface area contributed by atoms with E-state index in [2.05, 4.69) is 10.6 Å². The van der Waals surface area contributed by atoms with Crippen LogP contribution in [-0.2, 0) is 9.59 Å². The van der Waals surface area contributed by atoms with E-state index in [-0.39, 0.29) is 17.9 Å². The summed E-state index contributed by atoms with van der Waals surface area (Å²) in [5.41, 5.74) is 0. The molecule has 1 aliphatic heterocycles. The van der Waals surface area contributed by atoms with E-state index in [1.807, 2.05) is 0 Å². The second-order valence-corrected chi connectivity index (χ2v) is 4.31. The minimum absolute atomic E-state index is 0.146. The molecule has 2 unspecified atom stereocenters. The maximum absolute atomic E-state index is 11.7. The quantitative estimate of drug-likeness (QED) is 0.599. The third-order valence-electron chi connectivity index (χ3n) is 3.03. The highest BCUT2D eigenvalue weighted by atomic mass is 16.4. The van der Waals surface area contributed by atoms with Gasteiger partial charge in [-0.05, 0) is 38.1 Å². The minimum Gasteiger partial charge on any atom is -0.480 e. The lowest BCUT2D eigenvalue weighted by Crippen LogP contribution is -2.49. The molecular weight excluding hydrogens is 196 g/mol. The third-order valence-corrected chi connectivity index (χ3v) is 3.03. The third kappa shape index (κ3) is 2.47. The maximum Gasteiger partial charge on any atom is 0.326 e. The lowest BCUT2D eigenvalue weighted by atomic mass is 10.1. The molecule has 2 fully saturated rings. The van der Waals surface area contributed by atoms with Crippen molar-refractivity contribution in [1.82, 2.24) is 10.6 Å². The molecule has 0 radical (unpaired) electrons. The molecule has 5 nitrogen and oxygen atoms in total. The van der Waals surface area contributed by atoms with Crippen molar-refractivity contribution in [1.29, 1.82) is 0 Å². The van der Waals surface area contributed by atoms with E-state index in [9.17, 15) is 9.59 Å². The Morgan fingerprint density at radius 1 is 1.33 bits per heavy atom. The van der Waals surface area contributed by atoms with Crippen molar-refractivity contribution in [3.63, 3.8) is 0 Å². The fraction of sp³-hybridized carbons (Fsp3) is 0.800. The zero-order valence-electron chi connectivity index (χ0n) is 8.53. The topological polar surface area (TPSA) is 78.4 Å². The van der Waals surface area contributed by atoms with Crippen molar-refractivity contribution in [2.45, 2.75) is 37.8 Å². The number of hydrogen-bond acceptors (Lipinski definition) is 3. The lowest BCUT2D eigenvalue weighted by molar-refractivity contribution is -0.142. The zero-order valence-corrected chi connectivity index (χ0v) is 8.53. The van der Waals surface area contributed by atoms with Gasteiger partial charge in [0.2, 0.25) is 5.91 Å². The molecule has 5 heteroatoms. The summed E-state index contributed by atoms with van der Waals surface area (Å²) in [6.45, 7) is 0.846. The number of carbonyl (C=O) groups is 2. The molecule has 1 saturated carbocycles. The molecular formula is C10H16N2O3. The predicted octanol–water partition coefficient (Wildman–Crippen LogP) is -0.282. The van der Waals surface area contributed by atoms with Crippen molar-refractivity contribution < 1.29 is 14.7 Å². The summed E-state index contributed by atoms with van der Waals surface area (Å²) in [4.78, 5) is 22.6. The van der Waals surface area contributed by atoms with Crippen LogP contribution in [0.1, 0.15) is 25.7 Å². The molecule has 3 N–H and O–H groups in total. The first-order valence-corrected chi connectivity index (χ1v) is 5.45. The van der Waals surface area contributed by atoms with Gasteiger partial charge in [0.25, 0.3) is 0 Å². The lowest BCUT2D eigenvalue weighted by Gasteiger charge is -2.16. The van der Waals surface area contributed by atoms with E-state index < -0.39 is 12.0 Å². The van der Waals surface area contributed by atoms with Gasteiger partial charge in [0.15, 0.2) is 0 Å². The highest BCUT2D eigenvalue weighted by Gasteiger charge is 2.38. The number of carboxylic acid groups (broad SMARTS) is 1. The number of carbonyl (C=O) groups excluding carboxylic acids is 1. The van der Waals surface area contributed by atoms with E-state index in [1.54, 1.807) is 0 Å². The molecule has 1 amide bonds. The van der Waals surface area contributed by atoms with E-state index in [1.165, 1.54) is 0 Å². The highest BCUT2D eigenvalue weighted by Crippen LogP contribution is 2.32. The molecule has 2 rings (SSSR count). The summed E-state index contributed by atoms with van der Waals surface area (Å²) in [7, 11) is 0. The molecule has 1 aliphatic carbocycles. The first-order chi connectivity index (χ1) is 7.18. The molecule has 84 valence electrons. The van der Waals surface area contributed by atoms with Gasteiger partial charge in [-0.25, -0.2) is 4.79 Å². The van der Waals surface area contributed by atoms with Crippen LogP contribution < -0.4 is 10.6 Å². The molecule has 1 heterocycles. The summed E-state index contributed by atoms with van der Waals surface area (Å²) < 4.78 is 0.